The van der Waals surface area contributed by atoms with Crippen molar-refractivity contribution in [1.82, 2.24) is 0 Å². The number of hydrogen-bond donors (Lipinski definition) is 1. The van der Waals surface area contributed by atoms with Crippen LogP contribution in [0.3, 0.4) is 0 Å². The van der Waals surface area contributed by atoms with Gasteiger partial charge in [-0.15, -0.1) is 0 Å². The van der Waals surface area contributed by atoms with Crippen LogP contribution >= 0.6 is 11.6 Å². The molecule has 1 aliphatic carbocycles. The molecule has 1 aromatic carbocycles. The topological polar surface area (TPSA) is 12.0 Å². The Morgan fingerprint density at radius 2 is 2.00 bits per heavy atom. The monoisotopic (exact) mass is 265 g/mol. The summed E-state index contributed by atoms with van der Waals surface area (Å²) in [6, 6.07) is 6.83. The highest BCUT2D eigenvalue weighted by Crippen LogP contribution is 2.39. The van der Waals surface area contributed by atoms with Crippen LogP contribution in [-0.2, 0) is 0 Å². The molecule has 1 fully saturated rings. The van der Waals surface area contributed by atoms with Crippen LogP contribution in [-0.4, -0.2) is 6.04 Å². The molecule has 1 N–H and O–H groups in total. The number of benzene rings is 1. The van der Waals surface area contributed by atoms with E-state index >= 15 is 0 Å². The van der Waals surface area contributed by atoms with Gasteiger partial charge < -0.3 is 5.32 Å². The zero-order chi connectivity index (χ0) is 13.3. The Bertz CT molecular complexity index is 425. The molecule has 18 heavy (non-hydrogen) atoms. The molecule has 0 spiro atoms. The van der Waals surface area contributed by atoms with Crippen LogP contribution < -0.4 is 5.32 Å². The fraction of sp³-hybridized carbons (Fsp3) is 0.625. The third-order valence-corrected chi connectivity index (χ3v) is 4.34. The van der Waals surface area contributed by atoms with Crippen LogP contribution in [0.1, 0.15) is 45.6 Å². The Morgan fingerprint density at radius 3 is 2.61 bits per heavy atom. The number of halogens is 1. The number of aryl methyl sites for hydroxylation is 1. The van der Waals surface area contributed by atoms with E-state index in [0.29, 0.717) is 11.5 Å². The first-order valence-corrected chi connectivity index (χ1v) is 7.26. The van der Waals surface area contributed by atoms with Gasteiger partial charge in [-0.2, -0.15) is 0 Å². The Morgan fingerprint density at radius 1 is 1.28 bits per heavy atom. The van der Waals surface area contributed by atoms with Gasteiger partial charge in [0.05, 0.1) is 0 Å². The summed E-state index contributed by atoms with van der Waals surface area (Å²) in [6.45, 7) is 9.15. The normalized spacial score (nSPS) is 26.9. The van der Waals surface area contributed by atoms with Crippen molar-refractivity contribution in [2.75, 3.05) is 5.32 Å². The fourth-order valence-electron chi connectivity index (χ4n) is 3.37. The Hall–Kier alpha value is -0.690. The van der Waals surface area contributed by atoms with Crippen molar-refractivity contribution < 1.29 is 0 Å². The van der Waals surface area contributed by atoms with Gasteiger partial charge in [0.25, 0.3) is 0 Å². The van der Waals surface area contributed by atoms with E-state index in [0.717, 1.165) is 22.2 Å². The quantitative estimate of drug-likeness (QED) is 0.768. The van der Waals surface area contributed by atoms with Crippen LogP contribution in [0.2, 0.25) is 5.02 Å². The van der Waals surface area contributed by atoms with E-state index in [1.54, 1.807) is 0 Å². The highest BCUT2D eigenvalue weighted by Gasteiger charge is 2.31. The third kappa shape index (κ3) is 3.41. The summed E-state index contributed by atoms with van der Waals surface area (Å²) in [4.78, 5) is 0. The third-order valence-electron chi connectivity index (χ3n) is 3.93. The molecule has 100 valence electrons. The molecule has 2 heteroatoms. The number of anilines is 1. The first-order valence-electron chi connectivity index (χ1n) is 6.88. The fourth-order valence-corrected chi connectivity index (χ4v) is 3.55. The van der Waals surface area contributed by atoms with Gasteiger partial charge in [0, 0.05) is 16.8 Å². The second-order valence-electron chi connectivity index (χ2n) is 6.72. The maximum Gasteiger partial charge on any atom is 0.0455 e. The molecule has 0 heterocycles. The minimum atomic E-state index is 0.448. The summed E-state index contributed by atoms with van der Waals surface area (Å²) in [6.07, 6.45) is 3.83. The van der Waals surface area contributed by atoms with Crippen LogP contribution in [0.25, 0.3) is 0 Å². The lowest BCUT2D eigenvalue weighted by atomic mass is 9.70. The molecule has 2 unspecified atom stereocenters. The Labute approximate surface area is 116 Å². The van der Waals surface area contributed by atoms with E-state index in [2.05, 4.69) is 38.2 Å². The second kappa shape index (κ2) is 5.13. The summed E-state index contributed by atoms with van der Waals surface area (Å²) >= 11 is 6.18. The molecule has 0 radical (unpaired) electrons. The number of rotatable bonds is 2. The summed E-state index contributed by atoms with van der Waals surface area (Å²) < 4.78 is 0. The van der Waals surface area contributed by atoms with Crippen LogP contribution in [0.15, 0.2) is 18.2 Å². The standard InChI is InChI=1S/C16H24ClN/c1-11-7-14(10-16(3,4)9-11)18-13-6-5-12(2)15(17)8-13/h5-6,8,11,14,18H,7,9-10H2,1-4H3. The summed E-state index contributed by atoms with van der Waals surface area (Å²) in [7, 11) is 0. The maximum absolute atomic E-state index is 6.18. The minimum Gasteiger partial charge on any atom is -0.382 e. The molecule has 0 amide bonds. The summed E-state index contributed by atoms with van der Waals surface area (Å²) in [5.41, 5.74) is 2.74. The van der Waals surface area contributed by atoms with Gasteiger partial charge >= 0.3 is 0 Å². The zero-order valence-corrected chi connectivity index (χ0v) is 12.6. The van der Waals surface area contributed by atoms with Gasteiger partial charge in [0.1, 0.15) is 0 Å². The highest BCUT2D eigenvalue weighted by atomic mass is 35.5. The molecule has 1 aliphatic rings. The average Bonchev–Trinajstić information content (AvgIpc) is 2.20. The predicted molar refractivity (Wildman–Crippen MR) is 80.4 cm³/mol. The lowest BCUT2D eigenvalue weighted by Gasteiger charge is -2.39. The molecule has 1 aromatic rings. The van der Waals surface area contributed by atoms with E-state index in [1.165, 1.54) is 19.3 Å². The first-order chi connectivity index (χ1) is 8.35. The van der Waals surface area contributed by atoms with Gasteiger partial charge in [0.15, 0.2) is 0 Å². The molecule has 1 saturated carbocycles. The second-order valence-corrected chi connectivity index (χ2v) is 7.13. The summed E-state index contributed by atoms with van der Waals surface area (Å²) in [5, 5.41) is 4.50. The van der Waals surface area contributed by atoms with Crippen molar-refractivity contribution in [3.05, 3.63) is 28.8 Å². The molecule has 0 bridgehead atoms. The first kappa shape index (κ1) is 13.7. The molecule has 0 aromatic heterocycles. The van der Waals surface area contributed by atoms with Crippen molar-refractivity contribution in [1.29, 1.82) is 0 Å². The van der Waals surface area contributed by atoms with E-state index in [9.17, 15) is 0 Å². The van der Waals surface area contributed by atoms with Crippen LogP contribution in [0.5, 0.6) is 0 Å². The molecule has 1 nitrogen and oxygen atoms in total. The van der Waals surface area contributed by atoms with Gasteiger partial charge in [-0.05, 0) is 55.2 Å². The number of hydrogen-bond acceptors (Lipinski definition) is 1. The van der Waals surface area contributed by atoms with Gasteiger partial charge in [0.2, 0.25) is 0 Å². The van der Waals surface area contributed by atoms with Crippen LogP contribution in [0, 0.1) is 18.3 Å². The minimum absolute atomic E-state index is 0.448. The lowest BCUT2D eigenvalue weighted by molar-refractivity contribution is 0.178. The molecule has 0 saturated heterocycles. The van der Waals surface area contributed by atoms with E-state index < -0.39 is 0 Å². The zero-order valence-electron chi connectivity index (χ0n) is 11.9. The summed E-state index contributed by atoms with van der Waals surface area (Å²) in [5.74, 6) is 0.798. The predicted octanol–water partition coefficient (Wildman–Crippen LogP) is 5.28. The van der Waals surface area contributed by atoms with Crippen molar-refractivity contribution >= 4 is 17.3 Å². The van der Waals surface area contributed by atoms with Crippen LogP contribution in [0.4, 0.5) is 5.69 Å². The Balaban J connectivity index is 2.06. The van der Waals surface area contributed by atoms with E-state index in [1.807, 2.05) is 13.0 Å². The van der Waals surface area contributed by atoms with E-state index in [4.69, 9.17) is 11.6 Å². The highest BCUT2D eigenvalue weighted by molar-refractivity contribution is 6.31. The van der Waals surface area contributed by atoms with Gasteiger partial charge in [-0.25, -0.2) is 0 Å². The van der Waals surface area contributed by atoms with Gasteiger partial charge in [-0.3, -0.25) is 0 Å². The van der Waals surface area contributed by atoms with Crippen molar-refractivity contribution in [2.24, 2.45) is 11.3 Å². The van der Waals surface area contributed by atoms with Crippen molar-refractivity contribution in [3.8, 4) is 0 Å². The Kier molecular flexibility index (Phi) is 3.91. The smallest absolute Gasteiger partial charge is 0.0455 e. The van der Waals surface area contributed by atoms with Crippen molar-refractivity contribution in [3.63, 3.8) is 0 Å². The molecular weight excluding hydrogens is 242 g/mol. The van der Waals surface area contributed by atoms with Crippen molar-refractivity contribution in [2.45, 2.75) is 53.0 Å². The SMILES string of the molecule is Cc1ccc(NC2CC(C)CC(C)(C)C2)cc1Cl. The number of nitrogens with one attached hydrogen (secondary N) is 1. The molecule has 0 aliphatic heterocycles. The molecular formula is C16H24ClN. The lowest BCUT2D eigenvalue weighted by Crippen LogP contribution is -2.35. The average molecular weight is 266 g/mol. The molecule has 2 atom stereocenters. The van der Waals surface area contributed by atoms with E-state index in [-0.39, 0.29) is 0 Å². The largest absolute Gasteiger partial charge is 0.382 e. The maximum atomic E-state index is 6.18. The van der Waals surface area contributed by atoms with Gasteiger partial charge in [-0.1, -0.05) is 38.4 Å². The molecule has 2 rings (SSSR count).